The number of nitrogens with one attached hydrogen (secondary N) is 1. The Hall–Kier alpha value is -0.740. The van der Waals surface area contributed by atoms with E-state index in [4.69, 9.17) is 16.3 Å². The molecule has 0 heterocycles. The molecule has 0 amide bonds. The standard InChI is InChI=1S/C11H13BrClNO2/c1-3-16-11(15)7(2)14-8-4-5-10(13)9(12)6-8/h4-7,14H,3H2,1-2H3. The van der Waals surface area contributed by atoms with Gasteiger partial charge in [0.05, 0.1) is 11.6 Å². The Labute approximate surface area is 108 Å². The molecule has 0 aliphatic carbocycles. The maximum Gasteiger partial charge on any atom is 0.328 e. The van der Waals surface area contributed by atoms with E-state index in [-0.39, 0.29) is 12.0 Å². The molecule has 16 heavy (non-hydrogen) atoms. The lowest BCUT2D eigenvalue weighted by atomic mass is 10.2. The smallest absolute Gasteiger partial charge is 0.328 e. The maximum atomic E-state index is 11.4. The van der Waals surface area contributed by atoms with Crippen molar-refractivity contribution >= 4 is 39.2 Å². The number of hydrogen-bond donors (Lipinski definition) is 1. The molecule has 3 nitrogen and oxygen atoms in total. The fourth-order valence-electron chi connectivity index (χ4n) is 1.16. The minimum Gasteiger partial charge on any atom is -0.464 e. The van der Waals surface area contributed by atoms with Gasteiger partial charge in [0, 0.05) is 10.2 Å². The summed E-state index contributed by atoms with van der Waals surface area (Å²) in [4.78, 5) is 11.4. The number of ether oxygens (including phenoxy) is 1. The lowest BCUT2D eigenvalue weighted by Crippen LogP contribution is -2.28. The van der Waals surface area contributed by atoms with Crippen molar-refractivity contribution in [1.82, 2.24) is 0 Å². The Kier molecular flexibility index (Phi) is 5.09. The van der Waals surface area contributed by atoms with Gasteiger partial charge in [0.25, 0.3) is 0 Å². The molecule has 0 aliphatic heterocycles. The fraction of sp³-hybridized carbons (Fsp3) is 0.364. The molecule has 0 aliphatic rings. The highest BCUT2D eigenvalue weighted by Crippen LogP contribution is 2.25. The molecule has 0 bridgehead atoms. The van der Waals surface area contributed by atoms with Crippen molar-refractivity contribution in [2.75, 3.05) is 11.9 Å². The summed E-state index contributed by atoms with van der Waals surface area (Å²) in [7, 11) is 0. The van der Waals surface area contributed by atoms with E-state index < -0.39 is 0 Å². The van der Waals surface area contributed by atoms with E-state index in [0.29, 0.717) is 11.6 Å². The van der Waals surface area contributed by atoms with Crippen LogP contribution in [-0.4, -0.2) is 18.6 Å². The fourth-order valence-corrected chi connectivity index (χ4v) is 1.66. The molecule has 1 atom stereocenters. The highest BCUT2D eigenvalue weighted by Gasteiger charge is 2.13. The van der Waals surface area contributed by atoms with Crippen LogP contribution in [0.2, 0.25) is 5.02 Å². The first kappa shape index (κ1) is 13.3. The minimum atomic E-state index is -0.381. The van der Waals surface area contributed by atoms with Gasteiger partial charge in [0.2, 0.25) is 0 Å². The largest absolute Gasteiger partial charge is 0.464 e. The zero-order valence-electron chi connectivity index (χ0n) is 9.09. The van der Waals surface area contributed by atoms with Gasteiger partial charge >= 0.3 is 5.97 Å². The molecule has 5 heteroatoms. The molecule has 88 valence electrons. The van der Waals surface area contributed by atoms with Crippen LogP contribution >= 0.6 is 27.5 Å². The van der Waals surface area contributed by atoms with E-state index in [0.717, 1.165) is 10.2 Å². The van der Waals surface area contributed by atoms with Gasteiger partial charge < -0.3 is 10.1 Å². The molecular weight excluding hydrogens is 293 g/mol. The van der Waals surface area contributed by atoms with Crippen molar-refractivity contribution in [2.24, 2.45) is 0 Å². The predicted molar refractivity (Wildman–Crippen MR) is 68.9 cm³/mol. The normalized spacial score (nSPS) is 12.0. The van der Waals surface area contributed by atoms with Gasteiger partial charge in [-0.2, -0.15) is 0 Å². The molecule has 1 aromatic rings. The molecule has 1 N–H and O–H groups in total. The Morgan fingerprint density at radius 2 is 2.31 bits per heavy atom. The monoisotopic (exact) mass is 305 g/mol. The number of hydrogen-bond acceptors (Lipinski definition) is 3. The maximum absolute atomic E-state index is 11.4. The first-order valence-electron chi connectivity index (χ1n) is 4.92. The molecule has 1 rings (SSSR count). The first-order chi connectivity index (χ1) is 7.54. The highest BCUT2D eigenvalue weighted by atomic mass is 79.9. The third kappa shape index (κ3) is 3.68. The summed E-state index contributed by atoms with van der Waals surface area (Å²) < 4.78 is 5.68. The van der Waals surface area contributed by atoms with Gasteiger partial charge in [-0.15, -0.1) is 0 Å². The Bertz CT molecular complexity index is 384. The molecule has 0 saturated heterocycles. The number of carbonyl (C=O) groups excluding carboxylic acids is 1. The van der Waals surface area contributed by atoms with Gasteiger partial charge in [-0.05, 0) is 48.0 Å². The summed E-state index contributed by atoms with van der Waals surface area (Å²) in [5.41, 5.74) is 0.817. The SMILES string of the molecule is CCOC(=O)C(C)Nc1ccc(Cl)c(Br)c1. The summed E-state index contributed by atoms with van der Waals surface area (Å²) >= 11 is 9.18. The topological polar surface area (TPSA) is 38.3 Å². The minimum absolute atomic E-state index is 0.270. The van der Waals surface area contributed by atoms with Gasteiger partial charge in [0.1, 0.15) is 6.04 Å². The second kappa shape index (κ2) is 6.11. The second-order valence-corrected chi connectivity index (χ2v) is 4.51. The number of anilines is 1. The van der Waals surface area contributed by atoms with E-state index in [2.05, 4.69) is 21.2 Å². The average Bonchev–Trinajstić information content (AvgIpc) is 2.24. The van der Waals surface area contributed by atoms with Crippen molar-refractivity contribution < 1.29 is 9.53 Å². The molecule has 0 spiro atoms. The Morgan fingerprint density at radius 3 is 2.88 bits per heavy atom. The third-order valence-corrected chi connectivity index (χ3v) is 3.16. The number of benzene rings is 1. The molecular formula is C11H13BrClNO2. The van der Waals surface area contributed by atoms with E-state index in [1.54, 1.807) is 19.9 Å². The van der Waals surface area contributed by atoms with Crippen LogP contribution in [0.25, 0.3) is 0 Å². The average molecular weight is 307 g/mol. The number of rotatable bonds is 4. The van der Waals surface area contributed by atoms with Crippen LogP contribution in [0.1, 0.15) is 13.8 Å². The van der Waals surface area contributed by atoms with Crippen LogP contribution in [0, 0.1) is 0 Å². The zero-order valence-corrected chi connectivity index (χ0v) is 11.4. The van der Waals surface area contributed by atoms with Crippen LogP contribution in [0.4, 0.5) is 5.69 Å². The van der Waals surface area contributed by atoms with E-state index in [1.807, 2.05) is 12.1 Å². The molecule has 1 unspecified atom stereocenters. The van der Waals surface area contributed by atoms with Crippen molar-refractivity contribution in [3.05, 3.63) is 27.7 Å². The van der Waals surface area contributed by atoms with Crippen LogP contribution in [0.5, 0.6) is 0 Å². The number of carbonyl (C=O) groups is 1. The zero-order chi connectivity index (χ0) is 12.1. The van der Waals surface area contributed by atoms with Crippen molar-refractivity contribution in [1.29, 1.82) is 0 Å². The Balaban J connectivity index is 2.66. The molecule has 0 saturated carbocycles. The van der Waals surface area contributed by atoms with Gasteiger partial charge in [-0.1, -0.05) is 11.6 Å². The van der Waals surface area contributed by atoms with Crippen molar-refractivity contribution in [3.63, 3.8) is 0 Å². The van der Waals surface area contributed by atoms with E-state index in [1.165, 1.54) is 0 Å². The van der Waals surface area contributed by atoms with Crippen LogP contribution in [-0.2, 0) is 9.53 Å². The lowest BCUT2D eigenvalue weighted by molar-refractivity contribution is -0.143. The van der Waals surface area contributed by atoms with Crippen LogP contribution in [0.3, 0.4) is 0 Å². The van der Waals surface area contributed by atoms with E-state index >= 15 is 0 Å². The molecule has 0 radical (unpaired) electrons. The third-order valence-electron chi connectivity index (χ3n) is 1.94. The summed E-state index contributed by atoms with van der Waals surface area (Å²) in [5.74, 6) is -0.270. The highest BCUT2D eigenvalue weighted by molar-refractivity contribution is 9.10. The summed E-state index contributed by atoms with van der Waals surface area (Å²) in [5, 5.41) is 3.66. The predicted octanol–water partition coefficient (Wildman–Crippen LogP) is 3.47. The first-order valence-corrected chi connectivity index (χ1v) is 6.10. The van der Waals surface area contributed by atoms with Gasteiger partial charge in [-0.25, -0.2) is 4.79 Å². The second-order valence-electron chi connectivity index (χ2n) is 3.25. The quantitative estimate of drug-likeness (QED) is 0.866. The van der Waals surface area contributed by atoms with E-state index in [9.17, 15) is 4.79 Å². The summed E-state index contributed by atoms with van der Waals surface area (Å²) in [6.07, 6.45) is 0. The van der Waals surface area contributed by atoms with Gasteiger partial charge in [0.15, 0.2) is 0 Å². The van der Waals surface area contributed by atoms with Crippen LogP contribution < -0.4 is 5.32 Å². The molecule has 0 aromatic heterocycles. The lowest BCUT2D eigenvalue weighted by Gasteiger charge is -2.14. The van der Waals surface area contributed by atoms with Gasteiger partial charge in [-0.3, -0.25) is 0 Å². The van der Waals surface area contributed by atoms with Crippen molar-refractivity contribution in [2.45, 2.75) is 19.9 Å². The molecule has 0 fully saturated rings. The number of esters is 1. The van der Waals surface area contributed by atoms with Crippen molar-refractivity contribution in [3.8, 4) is 0 Å². The molecule has 1 aromatic carbocycles. The summed E-state index contributed by atoms with van der Waals surface area (Å²) in [6.45, 7) is 3.92. The summed E-state index contributed by atoms with van der Waals surface area (Å²) in [6, 6.07) is 5.00. The Morgan fingerprint density at radius 1 is 1.62 bits per heavy atom. The number of halogens is 2. The van der Waals surface area contributed by atoms with Crippen LogP contribution in [0.15, 0.2) is 22.7 Å².